The number of carbonyl (C=O) groups is 1. The van der Waals surface area contributed by atoms with Crippen molar-refractivity contribution in [1.82, 2.24) is 4.98 Å². The molecule has 6 nitrogen and oxygen atoms in total. The molecule has 6 heteroatoms. The fraction of sp³-hybridized carbons (Fsp3) is 0.238. The van der Waals surface area contributed by atoms with E-state index in [1.807, 2.05) is 49.4 Å². The van der Waals surface area contributed by atoms with Gasteiger partial charge in [0.25, 0.3) is 0 Å². The summed E-state index contributed by atoms with van der Waals surface area (Å²) < 4.78 is 16.5. The summed E-state index contributed by atoms with van der Waals surface area (Å²) in [7, 11) is 0. The predicted octanol–water partition coefficient (Wildman–Crippen LogP) is 4.12. The number of nitrogens with one attached hydrogen (secondary N) is 1. The highest BCUT2D eigenvalue weighted by Gasteiger charge is 2.19. The number of rotatable bonds is 5. The van der Waals surface area contributed by atoms with Crippen LogP contribution in [-0.2, 0) is 17.6 Å². The zero-order chi connectivity index (χ0) is 18.8. The number of para-hydroxylation sites is 1. The van der Waals surface area contributed by atoms with Gasteiger partial charge in [0, 0.05) is 11.3 Å². The van der Waals surface area contributed by atoms with E-state index in [9.17, 15) is 4.79 Å². The molecule has 0 atom stereocenters. The van der Waals surface area contributed by atoms with Crippen LogP contribution in [0.15, 0.2) is 46.9 Å². The van der Waals surface area contributed by atoms with Gasteiger partial charge in [-0.05, 0) is 43.2 Å². The molecular formula is C21H20N2O4. The summed E-state index contributed by atoms with van der Waals surface area (Å²) in [6.45, 7) is 4.09. The van der Waals surface area contributed by atoms with Gasteiger partial charge in [-0.3, -0.25) is 4.79 Å². The summed E-state index contributed by atoms with van der Waals surface area (Å²) in [6.07, 6.45) is 1.01. The smallest absolute Gasteiger partial charge is 0.231 e. The van der Waals surface area contributed by atoms with Gasteiger partial charge in [0.05, 0.1) is 12.1 Å². The highest BCUT2D eigenvalue weighted by atomic mass is 16.7. The molecule has 1 aliphatic rings. The van der Waals surface area contributed by atoms with Crippen LogP contribution in [0.2, 0.25) is 0 Å². The first-order valence-corrected chi connectivity index (χ1v) is 8.88. The Morgan fingerprint density at radius 1 is 1.15 bits per heavy atom. The average Bonchev–Trinajstić information content (AvgIpc) is 3.28. The van der Waals surface area contributed by atoms with Crippen molar-refractivity contribution in [1.29, 1.82) is 0 Å². The average molecular weight is 364 g/mol. The highest BCUT2D eigenvalue weighted by Crippen LogP contribution is 2.36. The Kier molecular flexibility index (Phi) is 4.54. The van der Waals surface area contributed by atoms with Crippen LogP contribution in [0, 0.1) is 6.92 Å². The maximum Gasteiger partial charge on any atom is 0.231 e. The third-order valence-corrected chi connectivity index (χ3v) is 4.51. The van der Waals surface area contributed by atoms with E-state index in [1.165, 1.54) is 0 Å². The van der Waals surface area contributed by atoms with Gasteiger partial charge in [-0.25, -0.2) is 4.98 Å². The number of aryl methyl sites for hydroxylation is 2. The molecule has 0 fully saturated rings. The molecule has 27 heavy (non-hydrogen) atoms. The van der Waals surface area contributed by atoms with E-state index in [0.29, 0.717) is 28.8 Å². The lowest BCUT2D eigenvalue weighted by Crippen LogP contribution is -2.16. The minimum Gasteiger partial charge on any atom is -0.454 e. The summed E-state index contributed by atoms with van der Waals surface area (Å²) in [5, 5.41) is 2.96. The topological polar surface area (TPSA) is 73.6 Å². The number of aromatic nitrogens is 1. The molecule has 0 spiro atoms. The van der Waals surface area contributed by atoms with Crippen LogP contribution in [0.1, 0.15) is 23.9 Å². The van der Waals surface area contributed by atoms with Crippen LogP contribution >= 0.6 is 0 Å². The molecule has 2 heterocycles. The molecule has 138 valence electrons. The van der Waals surface area contributed by atoms with Gasteiger partial charge >= 0.3 is 0 Å². The van der Waals surface area contributed by atoms with E-state index >= 15 is 0 Å². The minimum absolute atomic E-state index is 0.121. The van der Waals surface area contributed by atoms with Crippen molar-refractivity contribution in [2.45, 2.75) is 26.7 Å². The number of hydrogen-bond donors (Lipinski definition) is 1. The number of nitrogens with zero attached hydrogens (tertiary/aromatic N) is 1. The maximum atomic E-state index is 12.5. The molecule has 1 amide bonds. The number of ether oxygens (including phenoxy) is 2. The van der Waals surface area contributed by atoms with Crippen LogP contribution in [0.25, 0.3) is 11.5 Å². The van der Waals surface area contributed by atoms with Gasteiger partial charge < -0.3 is 19.2 Å². The number of fused-ring (bicyclic) bond motifs is 1. The Balaban J connectivity index is 1.51. The summed E-state index contributed by atoms with van der Waals surface area (Å²) in [5.41, 5.74) is 3.34. The van der Waals surface area contributed by atoms with E-state index in [2.05, 4.69) is 17.2 Å². The number of benzene rings is 2. The summed E-state index contributed by atoms with van der Waals surface area (Å²) in [4.78, 5) is 17.0. The van der Waals surface area contributed by atoms with E-state index in [1.54, 1.807) is 0 Å². The summed E-state index contributed by atoms with van der Waals surface area (Å²) >= 11 is 0. The van der Waals surface area contributed by atoms with Crippen molar-refractivity contribution in [3.05, 3.63) is 59.5 Å². The van der Waals surface area contributed by atoms with Gasteiger partial charge in [0.2, 0.25) is 18.6 Å². The lowest BCUT2D eigenvalue weighted by atomic mass is 10.1. The number of carbonyl (C=O) groups excluding carboxylic acids is 1. The SMILES string of the molecule is CCc1ccccc1NC(=O)Cc1nc(-c2ccc3c(c2)OCO3)oc1C. The quantitative estimate of drug-likeness (QED) is 0.737. The van der Waals surface area contributed by atoms with Gasteiger partial charge in [-0.1, -0.05) is 25.1 Å². The first-order valence-electron chi connectivity index (χ1n) is 8.88. The molecule has 1 N–H and O–H groups in total. The zero-order valence-electron chi connectivity index (χ0n) is 15.2. The Morgan fingerprint density at radius 3 is 2.81 bits per heavy atom. The van der Waals surface area contributed by atoms with Crippen molar-refractivity contribution < 1.29 is 18.7 Å². The number of anilines is 1. The van der Waals surface area contributed by atoms with Crippen LogP contribution in [0.4, 0.5) is 5.69 Å². The first kappa shape index (κ1) is 17.1. The molecule has 4 rings (SSSR count). The molecule has 0 radical (unpaired) electrons. The van der Waals surface area contributed by atoms with E-state index in [0.717, 1.165) is 23.2 Å². The van der Waals surface area contributed by atoms with Crippen molar-refractivity contribution in [3.63, 3.8) is 0 Å². The fourth-order valence-corrected chi connectivity index (χ4v) is 3.04. The van der Waals surface area contributed by atoms with Crippen LogP contribution in [0.5, 0.6) is 11.5 Å². The minimum atomic E-state index is -0.121. The third kappa shape index (κ3) is 3.51. The molecule has 0 aliphatic carbocycles. The Morgan fingerprint density at radius 2 is 1.96 bits per heavy atom. The molecule has 0 bridgehead atoms. The second kappa shape index (κ2) is 7.15. The van der Waals surface area contributed by atoms with Crippen molar-refractivity contribution >= 4 is 11.6 Å². The maximum absolute atomic E-state index is 12.5. The highest BCUT2D eigenvalue weighted by molar-refractivity contribution is 5.92. The Bertz CT molecular complexity index is 994. The first-order chi connectivity index (χ1) is 13.1. The van der Waals surface area contributed by atoms with Crippen molar-refractivity contribution in [3.8, 4) is 23.0 Å². The molecule has 0 saturated carbocycles. The number of hydrogen-bond acceptors (Lipinski definition) is 5. The molecular weight excluding hydrogens is 344 g/mol. The molecule has 1 aromatic heterocycles. The summed E-state index contributed by atoms with van der Waals surface area (Å²) in [6, 6.07) is 13.3. The predicted molar refractivity (Wildman–Crippen MR) is 101 cm³/mol. The van der Waals surface area contributed by atoms with E-state index in [4.69, 9.17) is 13.9 Å². The van der Waals surface area contributed by atoms with E-state index < -0.39 is 0 Å². The van der Waals surface area contributed by atoms with E-state index in [-0.39, 0.29) is 19.1 Å². The Labute approximate surface area is 157 Å². The second-order valence-electron chi connectivity index (χ2n) is 6.33. The lowest BCUT2D eigenvalue weighted by molar-refractivity contribution is -0.115. The molecule has 1 aliphatic heterocycles. The number of amides is 1. The van der Waals surface area contributed by atoms with Crippen molar-refractivity contribution in [2.24, 2.45) is 0 Å². The van der Waals surface area contributed by atoms with Crippen molar-refractivity contribution in [2.75, 3.05) is 12.1 Å². The molecule has 2 aromatic carbocycles. The largest absolute Gasteiger partial charge is 0.454 e. The molecule has 0 saturated heterocycles. The Hall–Kier alpha value is -3.28. The van der Waals surface area contributed by atoms with Gasteiger partial charge in [-0.15, -0.1) is 0 Å². The third-order valence-electron chi connectivity index (χ3n) is 4.51. The monoisotopic (exact) mass is 364 g/mol. The lowest BCUT2D eigenvalue weighted by Gasteiger charge is -2.08. The van der Waals surface area contributed by atoms with Gasteiger partial charge in [-0.2, -0.15) is 0 Å². The van der Waals surface area contributed by atoms with Gasteiger partial charge in [0.1, 0.15) is 5.76 Å². The molecule has 3 aromatic rings. The van der Waals surface area contributed by atoms with Crippen LogP contribution < -0.4 is 14.8 Å². The van der Waals surface area contributed by atoms with Crippen LogP contribution in [0.3, 0.4) is 0 Å². The van der Waals surface area contributed by atoms with Gasteiger partial charge in [0.15, 0.2) is 11.5 Å². The number of oxazole rings is 1. The normalized spacial score (nSPS) is 12.2. The second-order valence-corrected chi connectivity index (χ2v) is 6.33. The zero-order valence-corrected chi connectivity index (χ0v) is 15.2. The summed E-state index contributed by atoms with van der Waals surface area (Å²) in [5.74, 6) is 2.34. The van der Waals surface area contributed by atoms with Crippen LogP contribution in [-0.4, -0.2) is 17.7 Å². The fourth-order valence-electron chi connectivity index (χ4n) is 3.04. The standard InChI is InChI=1S/C21H20N2O4/c1-3-14-6-4-5-7-16(14)22-20(24)11-17-13(2)27-21(23-17)15-8-9-18-19(10-15)26-12-25-18/h4-10H,3,11-12H2,1-2H3,(H,22,24). The molecule has 0 unspecified atom stereocenters.